The van der Waals surface area contributed by atoms with Crippen LogP contribution in [0.1, 0.15) is 200 Å². The lowest BCUT2D eigenvalue weighted by molar-refractivity contribution is 0.00632. The summed E-state index contributed by atoms with van der Waals surface area (Å²) in [6.45, 7) is 4.83. The molecule has 0 unspecified atom stereocenters. The Balaban J connectivity index is 3.76. The van der Waals surface area contributed by atoms with Crippen LogP contribution in [0.25, 0.3) is 0 Å². The van der Waals surface area contributed by atoms with Crippen molar-refractivity contribution in [2.24, 2.45) is 0 Å². The molecule has 0 spiro atoms. The summed E-state index contributed by atoms with van der Waals surface area (Å²) in [6, 6.07) is 0. The molecule has 0 aromatic carbocycles. The number of hydrogen-bond donors (Lipinski definition) is 2. The average Bonchev–Trinajstić information content (AvgIpc) is 2.85. The zero-order valence-electron chi connectivity index (χ0n) is 24.6. The van der Waals surface area contributed by atoms with Gasteiger partial charge in [-0.1, -0.05) is 168 Å². The molecule has 0 aromatic heterocycles. The third-order valence-corrected chi connectivity index (χ3v) is 8.04. The zero-order valence-corrected chi connectivity index (χ0v) is 24.6. The molecule has 0 saturated carbocycles. The summed E-state index contributed by atoms with van der Waals surface area (Å²) in [5, 5.41) is 20.4. The van der Waals surface area contributed by atoms with Gasteiger partial charge >= 0.3 is 0 Å². The fourth-order valence-electron chi connectivity index (χ4n) is 5.53. The van der Waals surface area contributed by atoms with Crippen molar-refractivity contribution in [1.29, 1.82) is 0 Å². The minimum absolute atomic E-state index is 0.257. The number of hydrogen-bond acceptors (Lipinski definition) is 2. The van der Waals surface area contributed by atoms with Crippen molar-refractivity contribution < 1.29 is 10.2 Å². The van der Waals surface area contributed by atoms with E-state index in [9.17, 15) is 5.11 Å². The second-order valence-corrected chi connectivity index (χ2v) is 11.7. The fraction of sp³-hybridized carbons (Fsp3) is 1.00. The molecule has 212 valence electrons. The molecule has 0 amide bonds. The van der Waals surface area contributed by atoms with Crippen LogP contribution >= 0.6 is 0 Å². The Hall–Kier alpha value is -0.0800. The first-order chi connectivity index (χ1) is 17.2. The Bertz CT molecular complexity index is 353. The van der Waals surface area contributed by atoms with E-state index in [1.54, 1.807) is 0 Å². The zero-order chi connectivity index (χ0) is 25.7. The second kappa shape index (κ2) is 28.5. The van der Waals surface area contributed by atoms with Gasteiger partial charge in [-0.3, -0.25) is 0 Å². The molecule has 0 aliphatic heterocycles. The van der Waals surface area contributed by atoms with Crippen LogP contribution in [-0.2, 0) is 0 Å². The molecule has 0 bridgehead atoms. The highest BCUT2D eigenvalue weighted by Crippen LogP contribution is 2.28. The van der Waals surface area contributed by atoms with Crippen molar-refractivity contribution in [2.45, 2.75) is 206 Å². The standard InChI is InChI=1S/C33H68O2/c1-3-5-7-9-11-13-15-17-19-21-23-25-29-33(35,31-27-28-32-34)30-26-24-22-20-18-16-14-12-10-8-6-4-2/h34-35H,3-32H2,1-2H3. The number of unbranched alkanes of at least 4 members (excludes halogenated alkanes) is 23. The van der Waals surface area contributed by atoms with Gasteiger partial charge in [0.15, 0.2) is 0 Å². The monoisotopic (exact) mass is 497 g/mol. The molecule has 2 N–H and O–H groups in total. The Labute approximate surface area is 222 Å². The predicted molar refractivity (Wildman–Crippen MR) is 157 cm³/mol. The van der Waals surface area contributed by atoms with Gasteiger partial charge in [0, 0.05) is 6.61 Å². The summed E-state index contributed by atoms with van der Waals surface area (Å²) in [7, 11) is 0. The topological polar surface area (TPSA) is 40.5 Å². The highest BCUT2D eigenvalue weighted by Gasteiger charge is 2.25. The minimum Gasteiger partial charge on any atom is -0.396 e. The lowest BCUT2D eigenvalue weighted by Gasteiger charge is -2.28. The van der Waals surface area contributed by atoms with Crippen LogP contribution in [0.5, 0.6) is 0 Å². The molecule has 2 heteroatoms. The molecule has 0 aliphatic carbocycles. The smallest absolute Gasteiger partial charge is 0.0647 e. The van der Waals surface area contributed by atoms with Crippen molar-refractivity contribution in [3.63, 3.8) is 0 Å². The molecular weight excluding hydrogens is 428 g/mol. The highest BCUT2D eigenvalue weighted by atomic mass is 16.3. The first kappa shape index (κ1) is 34.9. The summed E-state index contributed by atoms with van der Waals surface area (Å²) in [5.41, 5.74) is -0.480. The van der Waals surface area contributed by atoms with Crippen LogP contribution < -0.4 is 0 Å². The van der Waals surface area contributed by atoms with Crippen molar-refractivity contribution in [2.75, 3.05) is 6.61 Å². The molecule has 0 aromatic rings. The largest absolute Gasteiger partial charge is 0.396 e. The van der Waals surface area contributed by atoms with Crippen molar-refractivity contribution in [1.82, 2.24) is 0 Å². The molecule has 0 radical (unpaired) electrons. The molecule has 0 heterocycles. The third kappa shape index (κ3) is 26.8. The lowest BCUT2D eigenvalue weighted by Crippen LogP contribution is -2.28. The van der Waals surface area contributed by atoms with Crippen molar-refractivity contribution in [3.8, 4) is 0 Å². The van der Waals surface area contributed by atoms with Crippen molar-refractivity contribution in [3.05, 3.63) is 0 Å². The van der Waals surface area contributed by atoms with E-state index in [1.165, 1.54) is 154 Å². The number of rotatable bonds is 30. The Morgan fingerprint density at radius 3 is 0.829 bits per heavy atom. The second-order valence-electron chi connectivity index (χ2n) is 11.7. The van der Waals surface area contributed by atoms with Crippen LogP contribution in [0.3, 0.4) is 0 Å². The summed E-state index contributed by atoms with van der Waals surface area (Å²) < 4.78 is 0. The summed E-state index contributed by atoms with van der Waals surface area (Å²) >= 11 is 0. The third-order valence-electron chi connectivity index (χ3n) is 8.04. The molecule has 0 saturated heterocycles. The quantitative estimate of drug-likeness (QED) is 0.0970. The van der Waals surface area contributed by atoms with Gasteiger partial charge in [-0.2, -0.15) is 0 Å². The van der Waals surface area contributed by atoms with E-state index in [0.29, 0.717) is 0 Å². The van der Waals surface area contributed by atoms with Gasteiger partial charge in [0.25, 0.3) is 0 Å². The molecule has 0 fully saturated rings. The van der Waals surface area contributed by atoms with E-state index in [1.807, 2.05) is 0 Å². The van der Waals surface area contributed by atoms with E-state index in [4.69, 9.17) is 5.11 Å². The number of aliphatic hydroxyl groups is 2. The van der Waals surface area contributed by atoms with E-state index < -0.39 is 5.60 Å². The van der Waals surface area contributed by atoms with Gasteiger partial charge in [-0.25, -0.2) is 0 Å². The fourth-order valence-corrected chi connectivity index (χ4v) is 5.53. The van der Waals surface area contributed by atoms with E-state index >= 15 is 0 Å². The Kier molecular flexibility index (Phi) is 28.4. The summed E-state index contributed by atoms with van der Waals surface area (Å²) in [6.07, 6.45) is 37.5. The summed E-state index contributed by atoms with van der Waals surface area (Å²) in [5.74, 6) is 0. The van der Waals surface area contributed by atoms with Gasteiger partial charge in [0.2, 0.25) is 0 Å². The molecule has 0 rings (SSSR count). The van der Waals surface area contributed by atoms with Gasteiger partial charge in [0.1, 0.15) is 0 Å². The normalized spacial score (nSPS) is 12.0. The maximum Gasteiger partial charge on any atom is 0.0647 e. The first-order valence-corrected chi connectivity index (χ1v) is 16.5. The predicted octanol–water partition coefficient (Wildman–Crippen LogP) is 11.1. The van der Waals surface area contributed by atoms with Crippen LogP contribution in [0.2, 0.25) is 0 Å². The first-order valence-electron chi connectivity index (χ1n) is 16.5. The van der Waals surface area contributed by atoms with Gasteiger partial charge < -0.3 is 10.2 Å². The molecule has 0 aliphatic rings. The maximum absolute atomic E-state index is 11.3. The minimum atomic E-state index is -0.480. The molecule has 0 atom stereocenters. The van der Waals surface area contributed by atoms with Gasteiger partial charge in [-0.15, -0.1) is 0 Å². The van der Waals surface area contributed by atoms with E-state index in [2.05, 4.69) is 13.8 Å². The van der Waals surface area contributed by atoms with E-state index in [0.717, 1.165) is 32.1 Å². The highest BCUT2D eigenvalue weighted by molar-refractivity contribution is 4.78. The van der Waals surface area contributed by atoms with Gasteiger partial charge in [0.05, 0.1) is 5.60 Å². The van der Waals surface area contributed by atoms with Crippen LogP contribution in [0.4, 0.5) is 0 Å². The maximum atomic E-state index is 11.3. The lowest BCUT2D eigenvalue weighted by atomic mass is 9.85. The molecule has 35 heavy (non-hydrogen) atoms. The Morgan fingerprint density at radius 1 is 0.343 bits per heavy atom. The van der Waals surface area contributed by atoms with Crippen molar-refractivity contribution >= 4 is 0 Å². The van der Waals surface area contributed by atoms with Crippen LogP contribution in [0, 0.1) is 0 Å². The molecular formula is C33H68O2. The number of aliphatic hydroxyl groups excluding tert-OH is 1. The van der Waals surface area contributed by atoms with Gasteiger partial charge in [-0.05, 0) is 32.1 Å². The van der Waals surface area contributed by atoms with Crippen LogP contribution in [0.15, 0.2) is 0 Å². The van der Waals surface area contributed by atoms with Crippen LogP contribution in [-0.4, -0.2) is 22.4 Å². The van der Waals surface area contributed by atoms with E-state index in [-0.39, 0.29) is 6.61 Å². The molecule has 2 nitrogen and oxygen atoms in total. The Morgan fingerprint density at radius 2 is 0.571 bits per heavy atom. The summed E-state index contributed by atoms with van der Waals surface area (Å²) in [4.78, 5) is 0. The SMILES string of the molecule is CCCCCCCCCCCCCCC(O)(CCCCO)CCCCCCCCCCCCCC. The average molecular weight is 497 g/mol.